The number of aliphatic hydroxyl groups excluding tert-OH is 1. The van der Waals surface area contributed by atoms with Gasteiger partial charge in [0, 0.05) is 35.1 Å². The van der Waals surface area contributed by atoms with Crippen LogP contribution in [-0.4, -0.2) is 63.4 Å². The smallest absolute Gasteiger partial charge is 0.271 e. The van der Waals surface area contributed by atoms with E-state index in [0.29, 0.717) is 28.6 Å². The highest BCUT2D eigenvalue weighted by atomic mass is 35.5. The number of likely N-dealkylation sites (N-methyl/N-ethyl adjacent to an activating group) is 1. The lowest BCUT2D eigenvalue weighted by Crippen LogP contribution is -2.40. The summed E-state index contributed by atoms with van der Waals surface area (Å²) in [6.45, 7) is 6.34. The Morgan fingerprint density at radius 1 is 1.22 bits per heavy atom. The van der Waals surface area contributed by atoms with Crippen molar-refractivity contribution in [2.24, 2.45) is 0 Å². The molecule has 8 nitrogen and oxygen atoms in total. The Morgan fingerprint density at radius 2 is 2.00 bits per heavy atom. The molecule has 1 atom stereocenters. The Hall–Kier alpha value is -3.25. The van der Waals surface area contributed by atoms with Crippen LogP contribution in [0.3, 0.4) is 0 Å². The van der Waals surface area contributed by atoms with Gasteiger partial charge in [0.25, 0.3) is 5.91 Å². The molecule has 9 heteroatoms. The molecule has 1 aromatic carbocycles. The monoisotopic (exact) mass is 452 g/mol. The third-order valence-electron chi connectivity index (χ3n) is 4.96. The third kappa shape index (κ3) is 5.92. The van der Waals surface area contributed by atoms with Gasteiger partial charge in [-0.1, -0.05) is 37.4 Å². The van der Waals surface area contributed by atoms with Crippen molar-refractivity contribution >= 4 is 34.1 Å². The van der Waals surface area contributed by atoms with Gasteiger partial charge in [0.2, 0.25) is 0 Å². The number of nitrogens with zero attached hydrogens (tertiary/aromatic N) is 4. The Morgan fingerprint density at radius 3 is 2.69 bits per heavy atom. The minimum atomic E-state index is -0.662. The number of nitrogens with one attached hydrogen (secondary N) is 1. The number of amides is 1. The van der Waals surface area contributed by atoms with E-state index in [2.05, 4.69) is 37.2 Å². The molecule has 2 heterocycles. The summed E-state index contributed by atoms with van der Waals surface area (Å²) < 4.78 is 0. The second kappa shape index (κ2) is 10.9. The summed E-state index contributed by atoms with van der Waals surface area (Å²) in [5.41, 5.74) is 7.07. The predicted molar refractivity (Wildman–Crippen MR) is 125 cm³/mol. The number of hydrogen-bond donors (Lipinski definition) is 3. The molecule has 0 aliphatic rings. The van der Waals surface area contributed by atoms with E-state index in [1.54, 1.807) is 24.4 Å². The lowest BCUT2D eigenvalue weighted by atomic mass is 10.1. The number of fused-ring (bicyclic) bond motifs is 1. The number of hydrogen-bond acceptors (Lipinski definition) is 7. The average Bonchev–Trinajstić information content (AvgIpc) is 2.80. The number of benzene rings is 1. The zero-order valence-corrected chi connectivity index (χ0v) is 18.7. The van der Waals surface area contributed by atoms with Crippen molar-refractivity contribution in [3.63, 3.8) is 0 Å². The minimum absolute atomic E-state index is 0.133. The van der Waals surface area contributed by atoms with Crippen molar-refractivity contribution in [1.29, 1.82) is 0 Å². The molecule has 0 saturated carbocycles. The molecule has 0 radical (unpaired) electrons. The molecule has 0 bridgehead atoms. The van der Waals surface area contributed by atoms with Crippen LogP contribution < -0.4 is 11.1 Å². The summed E-state index contributed by atoms with van der Waals surface area (Å²) >= 11 is 6.10. The maximum atomic E-state index is 12.3. The van der Waals surface area contributed by atoms with Crippen molar-refractivity contribution in [3.05, 3.63) is 58.5 Å². The number of anilines is 1. The summed E-state index contributed by atoms with van der Waals surface area (Å²) in [4.78, 5) is 18.5. The molecule has 1 amide bonds. The molecule has 0 aliphatic carbocycles. The van der Waals surface area contributed by atoms with E-state index in [-0.39, 0.29) is 12.2 Å². The fraction of sp³-hybridized carbons (Fsp3) is 0.304. The number of carbonyl (C=O) groups excluding carboxylic acids is 1. The van der Waals surface area contributed by atoms with Crippen LogP contribution in [0.1, 0.15) is 35.6 Å². The fourth-order valence-corrected chi connectivity index (χ4v) is 3.29. The first kappa shape index (κ1) is 23.4. The number of pyridine rings is 1. The first-order valence-corrected chi connectivity index (χ1v) is 10.7. The second-order valence-corrected chi connectivity index (χ2v) is 7.59. The summed E-state index contributed by atoms with van der Waals surface area (Å²) in [6.07, 6.45) is 1.00. The summed E-state index contributed by atoms with van der Waals surface area (Å²) in [7, 11) is 0. The standard InChI is InChI=1S/C23H25ClN6O2/c1-3-30(4-2)14-18(31)13-27-23(32)21-10-8-17(28-29-21)7-9-19-20-11-16(24)6-5-15(20)12-26-22(19)25/h5-6,8,10-12,18,31H,3-4,13-14H2,1-2H3,(H2,25,26)(H,27,32). The molecule has 3 aromatic rings. The van der Waals surface area contributed by atoms with Gasteiger partial charge in [-0.2, -0.15) is 0 Å². The van der Waals surface area contributed by atoms with Crippen molar-refractivity contribution < 1.29 is 9.90 Å². The van der Waals surface area contributed by atoms with Gasteiger partial charge in [0.1, 0.15) is 11.5 Å². The molecular weight excluding hydrogens is 428 g/mol. The van der Waals surface area contributed by atoms with E-state index in [4.69, 9.17) is 17.3 Å². The molecule has 0 spiro atoms. The molecular formula is C23H25ClN6O2. The van der Waals surface area contributed by atoms with Gasteiger partial charge in [-0.3, -0.25) is 4.79 Å². The van der Waals surface area contributed by atoms with Gasteiger partial charge >= 0.3 is 0 Å². The van der Waals surface area contributed by atoms with Gasteiger partial charge in [0.05, 0.1) is 11.7 Å². The number of nitrogens with two attached hydrogens (primary N) is 1. The van der Waals surface area contributed by atoms with Crippen molar-refractivity contribution in [1.82, 2.24) is 25.4 Å². The number of rotatable bonds is 7. The van der Waals surface area contributed by atoms with Crippen LogP contribution >= 0.6 is 11.6 Å². The van der Waals surface area contributed by atoms with Crippen molar-refractivity contribution in [3.8, 4) is 11.8 Å². The number of aliphatic hydroxyl groups is 1. The van der Waals surface area contributed by atoms with Gasteiger partial charge in [-0.25, -0.2) is 4.98 Å². The SMILES string of the molecule is CCN(CC)CC(O)CNC(=O)c1ccc(C#Cc2c(N)ncc3ccc(Cl)cc23)nn1. The molecule has 32 heavy (non-hydrogen) atoms. The lowest BCUT2D eigenvalue weighted by molar-refractivity contribution is 0.0864. The molecule has 3 rings (SSSR count). The highest BCUT2D eigenvalue weighted by molar-refractivity contribution is 6.31. The number of halogens is 1. The first-order chi connectivity index (χ1) is 15.4. The van der Waals surface area contributed by atoms with Gasteiger partial charge < -0.3 is 21.1 Å². The molecule has 0 fully saturated rings. The normalized spacial score (nSPS) is 11.8. The van der Waals surface area contributed by atoms with E-state index in [0.717, 1.165) is 23.9 Å². The largest absolute Gasteiger partial charge is 0.390 e. The van der Waals surface area contributed by atoms with Crippen LogP contribution in [0.4, 0.5) is 5.82 Å². The van der Waals surface area contributed by atoms with Crippen LogP contribution in [0.25, 0.3) is 10.8 Å². The van der Waals surface area contributed by atoms with E-state index in [1.165, 1.54) is 6.07 Å². The lowest BCUT2D eigenvalue weighted by Gasteiger charge is -2.21. The maximum absolute atomic E-state index is 12.3. The average molecular weight is 453 g/mol. The van der Waals surface area contributed by atoms with E-state index in [1.807, 2.05) is 19.9 Å². The number of carbonyl (C=O) groups is 1. The van der Waals surface area contributed by atoms with Crippen molar-refractivity contribution in [2.45, 2.75) is 20.0 Å². The van der Waals surface area contributed by atoms with Crippen LogP contribution in [0.15, 0.2) is 36.5 Å². The van der Waals surface area contributed by atoms with E-state index in [9.17, 15) is 9.90 Å². The van der Waals surface area contributed by atoms with Crippen LogP contribution in [0.5, 0.6) is 0 Å². The van der Waals surface area contributed by atoms with Crippen LogP contribution in [0.2, 0.25) is 5.02 Å². The first-order valence-electron chi connectivity index (χ1n) is 10.3. The van der Waals surface area contributed by atoms with Gasteiger partial charge in [0.15, 0.2) is 5.69 Å². The topological polar surface area (TPSA) is 117 Å². The third-order valence-corrected chi connectivity index (χ3v) is 5.19. The Kier molecular flexibility index (Phi) is 7.95. The summed E-state index contributed by atoms with van der Waals surface area (Å²) in [5, 5.41) is 22.9. The zero-order chi connectivity index (χ0) is 23.1. The summed E-state index contributed by atoms with van der Waals surface area (Å²) in [5.74, 6) is 5.76. The quantitative estimate of drug-likeness (QED) is 0.470. The second-order valence-electron chi connectivity index (χ2n) is 7.15. The number of aromatic nitrogens is 3. The highest BCUT2D eigenvalue weighted by Gasteiger charge is 2.13. The van der Waals surface area contributed by atoms with Gasteiger partial charge in [-0.05, 0) is 43.3 Å². The maximum Gasteiger partial charge on any atom is 0.271 e. The Balaban J connectivity index is 1.68. The van der Waals surface area contributed by atoms with Crippen molar-refractivity contribution in [2.75, 3.05) is 31.9 Å². The fourth-order valence-electron chi connectivity index (χ4n) is 3.12. The molecule has 1 unspecified atom stereocenters. The number of nitrogen functional groups attached to an aromatic ring is 1. The highest BCUT2D eigenvalue weighted by Crippen LogP contribution is 2.24. The van der Waals surface area contributed by atoms with E-state index >= 15 is 0 Å². The molecule has 0 saturated heterocycles. The molecule has 0 aliphatic heterocycles. The molecule has 2 aromatic heterocycles. The molecule has 4 N–H and O–H groups in total. The zero-order valence-electron chi connectivity index (χ0n) is 18.0. The summed E-state index contributed by atoms with van der Waals surface area (Å²) in [6, 6.07) is 8.54. The predicted octanol–water partition coefficient (Wildman–Crippen LogP) is 2.09. The van der Waals surface area contributed by atoms with Crippen LogP contribution in [-0.2, 0) is 0 Å². The Labute approximate surface area is 191 Å². The minimum Gasteiger partial charge on any atom is -0.390 e. The van der Waals surface area contributed by atoms with E-state index < -0.39 is 12.0 Å². The van der Waals surface area contributed by atoms with Crippen LogP contribution in [0, 0.1) is 11.8 Å². The van der Waals surface area contributed by atoms with Gasteiger partial charge in [-0.15, -0.1) is 10.2 Å². The molecule has 166 valence electrons. The Bertz CT molecular complexity index is 1150.